The van der Waals surface area contributed by atoms with E-state index >= 15 is 0 Å². The molecule has 0 aliphatic carbocycles. The number of aromatic hydroxyl groups is 1. The van der Waals surface area contributed by atoms with E-state index in [1.807, 2.05) is 13.8 Å². The number of hydrogen-bond donors (Lipinski definition) is 1. The normalized spacial score (nSPS) is 26.6. The molecule has 5 nitrogen and oxygen atoms in total. The van der Waals surface area contributed by atoms with Crippen LogP contribution >= 0.6 is 0 Å². The third-order valence-electron chi connectivity index (χ3n) is 6.37. The van der Waals surface area contributed by atoms with Gasteiger partial charge < -0.3 is 20.2 Å². The molecule has 0 spiro atoms. The Balaban J connectivity index is 0.00000208. The van der Waals surface area contributed by atoms with E-state index in [2.05, 4.69) is 44.5 Å². The standard InChI is InChI=1S/C19H30N2O2.H2O/c1-12-13(2)17-15(14(3)16(12)22)19(6,18(4,5)23-17)21-10-8-20(7)9-11-21;/h22H,8-11H2,1-7H3;1H2. The van der Waals surface area contributed by atoms with Crippen LogP contribution in [0, 0.1) is 20.8 Å². The molecule has 0 saturated carbocycles. The summed E-state index contributed by atoms with van der Waals surface area (Å²) in [5.74, 6) is 1.40. The number of benzene rings is 1. The molecule has 2 heterocycles. The minimum Gasteiger partial charge on any atom is -0.507 e. The summed E-state index contributed by atoms with van der Waals surface area (Å²) in [6, 6.07) is 0. The highest BCUT2D eigenvalue weighted by atomic mass is 16.5. The van der Waals surface area contributed by atoms with Crippen molar-refractivity contribution in [3.05, 3.63) is 22.3 Å². The Morgan fingerprint density at radius 1 is 0.917 bits per heavy atom. The molecule has 5 heteroatoms. The molecule has 0 aromatic heterocycles. The van der Waals surface area contributed by atoms with Crippen LogP contribution in [0.1, 0.15) is 43.0 Å². The minimum atomic E-state index is -0.332. The van der Waals surface area contributed by atoms with Gasteiger partial charge in [0.05, 0.1) is 5.54 Å². The van der Waals surface area contributed by atoms with Crippen molar-refractivity contribution in [2.75, 3.05) is 33.2 Å². The molecule has 3 N–H and O–H groups in total. The van der Waals surface area contributed by atoms with Crippen molar-refractivity contribution < 1.29 is 15.3 Å². The molecule has 1 unspecified atom stereocenters. The van der Waals surface area contributed by atoms with E-state index in [0.717, 1.165) is 48.6 Å². The summed E-state index contributed by atoms with van der Waals surface area (Å²) in [6.07, 6.45) is 0. The molecule has 1 aromatic carbocycles. The van der Waals surface area contributed by atoms with E-state index in [1.165, 1.54) is 5.56 Å². The van der Waals surface area contributed by atoms with Crippen molar-refractivity contribution in [1.82, 2.24) is 9.80 Å². The zero-order valence-electron chi connectivity index (χ0n) is 16.1. The molecule has 0 radical (unpaired) electrons. The maximum Gasteiger partial charge on any atom is 0.129 e. The van der Waals surface area contributed by atoms with Crippen molar-refractivity contribution in [3.8, 4) is 11.5 Å². The molecular formula is C19H32N2O3. The number of ether oxygens (including phenoxy) is 1. The van der Waals surface area contributed by atoms with E-state index in [0.29, 0.717) is 5.75 Å². The predicted octanol–water partition coefficient (Wildman–Crippen LogP) is 2.13. The van der Waals surface area contributed by atoms with Crippen molar-refractivity contribution in [3.63, 3.8) is 0 Å². The highest BCUT2D eigenvalue weighted by Gasteiger charge is 2.56. The van der Waals surface area contributed by atoms with Gasteiger partial charge in [0.25, 0.3) is 0 Å². The SMILES string of the molecule is Cc1c(C)c2c(c(C)c1O)C(C)(N1CCN(C)CC1)C(C)(C)O2.O. The Morgan fingerprint density at radius 3 is 2.00 bits per heavy atom. The van der Waals surface area contributed by atoms with Gasteiger partial charge in [0.15, 0.2) is 0 Å². The van der Waals surface area contributed by atoms with Gasteiger partial charge in [0.1, 0.15) is 17.1 Å². The van der Waals surface area contributed by atoms with Gasteiger partial charge >= 0.3 is 0 Å². The van der Waals surface area contributed by atoms with E-state index in [4.69, 9.17) is 4.74 Å². The summed E-state index contributed by atoms with van der Waals surface area (Å²) in [5, 5.41) is 10.6. The van der Waals surface area contributed by atoms with Crippen LogP contribution < -0.4 is 4.74 Å². The van der Waals surface area contributed by atoms with Crippen molar-refractivity contribution in [2.45, 2.75) is 52.7 Å². The zero-order valence-corrected chi connectivity index (χ0v) is 16.1. The fourth-order valence-corrected chi connectivity index (χ4v) is 4.27. The summed E-state index contributed by atoms with van der Waals surface area (Å²) in [7, 11) is 2.18. The first kappa shape index (κ1) is 19.0. The third kappa shape index (κ3) is 2.33. The lowest BCUT2D eigenvalue weighted by Gasteiger charge is -2.49. The van der Waals surface area contributed by atoms with E-state index in [1.54, 1.807) is 0 Å². The molecular weight excluding hydrogens is 304 g/mol. The Labute approximate surface area is 145 Å². The summed E-state index contributed by atoms with van der Waals surface area (Å²) in [5.41, 5.74) is 3.57. The van der Waals surface area contributed by atoms with Gasteiger partial charge in [0.2, 0.25) is 0 Å². The molecule has 1 saturated heterocycles. The molecule has 1 fully saturated rings. The number of phenolic OH excluding ortho intramolecular Hbond substituents is 1. The van der Waals surface area contributed by atoms with Crippen LogP contribution in [0.25, 0.3) is 0 Å². The molecule has 2 aliphatic heterocycles. The largest absolute Gasteiger partial charge is 0.507 e. The van der Waals surface area contributed by atoms with Crippen LogP contribution in [-0.2, 0) is 5.54 Å². The Morgan fingerprint density at radius 2 is 1.46 bits per heavy atom. The van der Waals surface area contributed by atoms with Crippen LogP contribution in [0.4, 0.5) is 0 Å². The lowest BCUT2D eigenvalue weighted by Crippen LogP contribution is -2.61. The number of likely N-dealkylation sites (N-methyl/N-ethyl adjacent to an activating group) is 1. The van der Waals surface area contributed by atoms with Crippen LogP contribution in [-0.4, -0.2) is 59.2 Å². The highest BCUT2D eigenvalue weighted by molar-refractivity contribution is 5.62. The number of rotatable bonds is 1. The molecule has 0 bridgehead atoms. The maximum atomic E-state index is 10.6. The molecule has 3 rings (SSSR count). The van der Waals surface area contributed by atoms with Crippen LogP contribution in [0.3, 0.4) is 0 Å². The number of nitrogens with zero attached hydrogens (tertiary/aromatic N) is 2. The Hall–Kier alpha value is -1.30. The van der Waals surface area contributed by atoms with E-state index < -0.39 is 0 Å². The van der Waals surface area contributed by atoms with Gasteiger partial charge in [-0.2, -0.15) is 0 Å². The minimum absolute atomic E-state index is 0. The van der Waals surface area contributed by atoms with Crippen molar-refractivity contribution >= 4 is 0 Å². The molecule has 2 aliphatic rings. The number of phenols is 1. The van der Waals surface area contributed by atoms with Gasteiger partial charge in [-0.25, -0.2) is 0 Å². The molecule has 24 heavy (non-hydrogen) atoms. The van der Waals surface area contributed by atoms with Gasteiger partial charge in [-0.1, -0.05) is 0 Å². The van der Waals surface area contributed by atoms with Crippen molar-refractivity contribution in [2.24, 2.45) is 0 Å². The second kappa shape index (κ2) is 5.90. The highest BCUT2D eigenvalue weighted by Crippen LogP contribution is 2.56. The second-order valence-electron chi connectivity index (χ2n) is 7.90. The molecule has 1 aromatic rings. The van der Waals surface area contributed by atoms with Gasteiger partial charge in [-0.05, 0) is 65.3 Å². The lowest BCUT2D eigenvalue weighted by atomic mass is 9.75. The summed E-state index contributed by atoms with van der Waals surface area (Å²) < 4.78 is 6.47. The number of hydrogen-bond acceptors (Lipinski definition) is 4. The topological polar surface area (TPSA) is 67.4 Å². The summed E-state index contributed by atoms with van der Waals surface area (Å²) >= 11 is 0. The molecule has 0 amide bonds. The number of piperazine rings is 1. The zero-order chi connectivity index (χ0) is 17.2. The quantitative estimate of drug-likeness (QED) is 0.853. The van der Waals surface area contributed by atoms with Crippen LogP contribution in [0.15, 0.2) is 0 Å². The van der Waals surface area contributed by atoms with E-state index in [-0.39, 0.29) is 16.6 Å². The van der Waals surface area contributed by atoms with Gasteiger partial charge in [-0.15, -0.1) is 0 Å². The predicted molar refractivity (Wildman–Crippen MR) is 97.1 cm³/mol. The smallest absolute Gasteiger partial charge is 0.129 e. The number of fused-ring (bicyclic) bond motifs is 1. The van der Waals surface area contributed by atoms with E-state index in [9.17, 15) is 5.11 Å². The molecule has 136 valence electrons. The first-order chi connectivity index (χ1) is 10.6. The fraction of sp³-hybridized carbons (Fsp3) is 0.684. The summed E-state index contributed by atoms with van der Waals surface area (Å²) in [4.78, 5) is 4.91. The second-order valence-corrected chi connectivity index (χ2v) is 7.90. The van der Waals surface area contributed by atoms with Gasteiger partial charge in [0, 0.05) is 31.7 Å². The maximum absolute atomic E-state index is 10.6. The van der Waals surface area contributed by atoms with Crippen molar-refractivity contribution in [1.29, 1.82) is 0 Å². The summed E-state index contributed by atoms with van der Waals surface area (Å²) in [6.45, 7) is 16.9. The van der Waals surface area contributed by atoms with Crippen LogP contribution in [0.5, 0.6) is 11.5 Å². The van der Waals surface area contributed by atoms with Crippen LogP contribution in [0.2, 0.25) is 0 Å². The lowest BCUT2D eigenvalue weighted by molar-refractivity contribution is -0.0580. The van der Waals surface area contributed by atoms with Gasteiger partial charge in [-0.3, -0.25) is 4.90 Å². The Bertz CT molecular complexity index is 649. The Kier molecular flexibility index (Phi) is 4.68. The monoisotopic (exact) mass is 336 g/mol. The first-order valence-electron chi connectivity index (χ1n) is 8.57. The first-order valence-corrected chi connectivity index (χ1v) is 8.57. The fourth-order valence-electron chi connectivity index (χ4n) is 4.27. The third-order valence-corrected chi connectivity index (χ3v) is 6.37. The molecule has 1 atom stereocenters. The average molecular weight is 336 g/mol. The average Bonchev–Trinajstić information content (AvgIpc) is 2.72.